The van der Waals surface area contributed by atoms with Gasteiger partial charge in [0.25, 0.3) is 0 Å². The summed E-state index contributed by atoms with van der Waals surface area (Å²) in [6, 6.07) is 3.58. The van der Waals surface area contributed by atoms with Gasteiger partial charge in [-0.1, -0.05) is 0 Å². The topological polar surface area (TPSA) is 83.2 Å². The van der Waals surface area contributed by atoms with E-state index in [0.717, 1.165) is 0 Å². The molecule has 7 nitrogen and oxygen atoms in total. The number of hydrogen-bond acceptors (Lipinski definition) is 5. The van der Waals surface area contributed by atoms with Crippen molar-refractivity contribution in [2.24, 2.45) is 0 Å². The fraction of sp³-hybridized carbons (Fsp3) is 0.538. The van der Waals surface area contributed by atoms with Crippen LogP contribution in [0, 0.1) is 0 Å². The van der Waals surface area contributed by atoms with E-state index in [2.05, 4.69) is 0 Å². The predicted octanol–water partition coefficient (Wildman–Crippen LogP) is 0.0234. The van der Waals surface area contributed by atoms with Gasteiger partial charge in [0.1, 0.15) is 5.76 Å². The summed E-state index contributed by atoms with van der Waals surface area (Å²) in [6.07, 6.45) is 0.708. The number of hydrogen-bond donors (Lipinski definition) is 1. The molecule has 0 saturated carbocycles. The molecular weight excluding hydrogens is 264 g/mol. The zero-order valence-electron chi connectivity index (χ0n) is 11.3. The summed E-state index contributed by atoms with van der Waals surface area (Å²) in [5.74, 6) is -0.357. The van der Waals surface area contributed by atoms with E-state index >= 15 is 0 Å². The van der Waals surface area contributed by atoms with E-state index in [0.29, 0.717) is 25.5 Å². The van der Waals surface area contributed by atoms with E-state index in [-0.39, 0.29) is 19.0 Å². The number of carbonyl (C=O) groups excluding carboxylic acids is 1. The van der Waals surface area contributed by atoms with Crippen molar-refractivity contribution in [1.82, 2.24) is 9.80 Å². The molecule has 7 heteroatoms. The van der Waals surface area contributed by atoms with Crippen molar-refractivity contribution in [2.45, 2.75) is 12.6 Å². The number of aliphatic carboxylic acids is 1. The Kier molecular flexibility index (Phi) is 4.75. The molecule has 2 heterocycles. The van der Waals surface area contributed by atoms with Crippen molar-refractivity contribution in [3.63, 3.8) is 0 Å². The van der Waals surface area contributed by atoms with Crippen LogP contribution >= 0.6 is 0 Å². The zero-order valence-corrected chi connectivity index (χ0v) is 11.3. The van der Waals surface area contributed by atoms with Crippen LogP contribution in [0.15, 0.2) is 22.8 Å². The van der Waals surface area contributed by atoms with Gasteiger partial charge in [0.15, 0.2) is 6.10 Å². The Morgan fingerprint density at radius 3 is 3.00 bits per heavy atom. The lowest BCUT2D eigenvalue weighted by Gasteiger charge is -2.31. The van der Waals surface area contributed by atoms with Crippen molar-refractivity contribution in [3.8, 4) is 0 Å². The highest BCUT2D eigenvalue weighted by Gasteiger charge is 2.27. The van der Waals surface area contributed by atoms with Crippen molar-refractivity contribution < 1.29 is 23.8 Å². The summed E-state index contributed by atoms with van der Waals surface area (Å²) in [6.45, 7) is 1.70. The summed E-state index contributed by atoms with van der Waals surface area (Å²) < 4.78 is 10.3. The molecule has 1 aliphatic rings. The summed E-state index contributed by atoms with van der Waals surface area (Å²) >= 11 is 0. The van der Waals surface area contributed by atoms with E-state index in [9.17, 15) is 9.59 Å². The normalized spacial score (nSPS) is 19.8. The quantitative estimate of drug-likeness (QED) is 0.820. The molecule has 1 saturated heterocycles. The number of carboxylic acids is 1. The molecule has 2 rings (SSSR count). The van der Waals surface area contributed by atoms with Crippen LogP contribution < -0.4 is 0 Å². The van der Waals surface area contributed by atoms with E-state index in [1.165, 1.54) is 0 Å². The Bertz CT molecular complexity index is 459. The van der Waals surface area contributed by atoms with Gasteiger partial charge in [-0.25, -0.2) is 4.79 Å². The molecule has 1 amide bonds. The minimum absolute atomic E-state index is 0.0764. The highest BCUT2D eigenvalue weighted by Crippen LogP contribution is 2.08. The third-order valence-electron chi connectivity index (χ3n) is 3.18. The Morgan fingerprint density at radius 1 is 1.55 bits per heavy atom. The summed E-state index contributed by atoms with van der Waals surface area (Å²) in [5.41, 5.74) is 0. The minimum Gasteiger partial charge on any atom is -0.479 e. The third kappa shape index (κ3) is 3.82. The lowest BCUT2D eigenvalue weighted by molar-refractivity contribution is -0.157. The van der Waals surface area contributed by atoms with Crippen molar-refractivity contribution in [3.05, 3.63) is 24.2 Å². The molecule has 0 spiro atoms. The molecule has 20 heavy (non-hydrogen) atoms. The first-order valence-corrected chi connectivity index (χ1v) is 6.39. The Balaban J connectivity index is 1.82. The lowest BCUT2D eigenvalue weighted by atomic mass is 10.2. The van der Waals surface area contributed by atoms with Crippen LogP contribution in [0.2, 0.25) is 0 Å². The fourth-order valence-corrected chi connectivity index (χ4v) is 2.03. The molecule has 1 aromatic rings. The van der Waals surface area contributed by atoms with Crippen LogP contribution in [0.3, 0.4) is 0 Å². The first-order chi connectivity index (χ1) is 9.56. The number of furan rings is 1. The van der Waals surface area contributed by atoms with Gasteiger partial charge in [0.05, 0.1) is 26.0 Å². The highest BCUT2D eigenvalue weighted by molar-refractivity contribution is 5.78. The standard InChI is InChI=1S/C13H18N2O5/c1-14(7-10-3-2-5-19-10)12(16)9-15-4-6-20-11(8-15)13(17)18/h2-3,5,11H,4,6-9H2,1H3,(H,17,18). The molecule has 1 aromatic heterocycles. The van der Waals surface area contributed by atoms with Crippen LogP contribution in [-0.4, -0.2) is 66.2 Å². The number of carbonyl (C=O) groups is 2. The summed E-state index contributed by atoms with van der Waals surface area (Å²) in [7, 11) is 1.69. The van der Waals surface area contributed by atoms with Gasteiger partial charge in [-0.2, -0.15) is 0 Å². The van der Waals surface area contributed by atoms with E-state index in [1.807, 2.05) is 0 Å². The minimum atomic E-state index is -0.994. The zero-order chi connectivity index (χ0) is 14.5. The summed E-state index contributed by atoms with van der Waals surface area (Å²) in [5, 5.41) is 8.91. The largest absolute Gasteiger partial charge is 0.479 e. The number of rotatable bonds is 5. The Labute approximate surface area is 116 Å². The molecule has 0 aliphatic carbocycles. The second-order valence-electron chi connectivity index (χ2n) is 4.76. The second kappa shape index (κ2) is 6.53. The predicted molar refractivity (Wildman–Crippen MR) is 69.0 cm³/mol. The molecule has 1 fully saturated rings. The van der Waals surface area contributed by atoms with Crippen molar-refractivity contribution >= 4 is 11.9 Å². The number of likely N-dealkylation sites (N-methyl/N-ethyl adjacent to an activating group) is 1. The molecule has 0 bridgehead atoms. The van der Waals surface area contributed by atoms with Gasteiger partial charge in [-0.15, -0.1) is 0 Å². The first kappa shape index (κ1) is 14.5. The van der Waals surface area contributed by atoms with Gasteiger partial charge in [-0.05, 0) is 12.1 Å². The molecule has 0 aromatic carbocycles. The van der Waals surface area contributed by atoms with E-state index in [4.69, 9.17) is 14.3 Å². The highest BCUT2D eigenvalue weighted by atomic mass is 16.5. The maximum Gasteiger partial charge on any atom is 0.334 e. The van der Waals surface area contributed by atoms with Crippen LogP contribution in [-0.2, 0) is 20.9 Å². The first-order valence-electron chi connectivity index (χ1n) is 6.39. The van der Waals surface area contributed by atoms with E-state index < -0.39 is 12.1 Å². The molecule has 1 aliphatic heterocycles. The van der Waals surface area contributed by atoms with Gasteiger partial charge in [0.2, 0.25) is 5.91 Å². The molecule has 1 unspecified atom stereocenters. The number of nitrogens with zero attached hydrogens (tertiary/aromatic N) is 2. The fourth-order valence-electron chi connectivity index (χ4n) is 2.03. The maximum atomic E-state index is 12.1. The molecule has 110 valence electrons. The smallest absolute Gasteiger partial charge is 0.334 e. The monoisotopic (exact) mass is 282 g/mol. The number of carboxylic acid groups (broad SMARTS) is 1. The third-order valence-corrected chi connectivity index (χ3v) is 3.18. The molecule has 1 atom stereocenters. The number of ether oxygens (including phenoxy) is 1. The van der Waals surface area contributed by atoms with E-state index in [1.54, 1.807) is 35.2 Å². The number of morpholine rings is 1. The second-order valence-corrected chi connectivity index (χ2v) is 4.76. The Morgan fingerprint density at radius 2 is 2.35 bits per heavy atom. The molecule has 1 N–H and O–H groups in total. The van der Waals surface area contributed by atoms with Gasteiger partial charge in [-0.3, -0.25) is 9.69 Å². The van der Waals surface area contributed by atoms with Crippen molar-refractivity contribution in [2.75, 3.05) is 33.3 Å². The average molecular weight is 282 g/mol. The lowest BCUT2D eigenvalue weighted by Crippen LogP contribution is -2.49. The summed E-state index contributed by atoms with van der Waals surface area (Å²) in [4.78, 5) is 26.3. The van der Waals surface area contributed by atoms with Crippen LogP contribution in [0.1, 0.15) is 5.76 Å². The SMILES string of the molecule is CN(Cc1ccco1)C(=O)CN1CCOC(C(=O)O)C1. The van der Waals surface area contributed by atoms with Crippen molar-refractivity contribution in [1.29, 1.82) is 0 Å². The van der Waals surface area contributed by atoms with Gasteiger partial charge < -0.3 is 19.2 Å². The average Bonchev–Trinajstić information content (AvgIpc) is 2.91. The number of amides is 1. The van der Waals surface area contributed by atoms with Gasteiger partial charge in [0, 0.05) is 20.1 Å². The Hall–Kier alpha value is -1.86. The van der Waals surface area contributed by atoms with Crippen LogP contribution in [0.25, 0.3) is 0 Å². The van der Waals surface area contributed by atoms with Crippen LogP contribution in [0.5, 0.6) is 0 Å². The molecular formula is C13H18N2O5. The maximum absolute atomic E-state index is 12.1. The molecule has 0 radical (unpaired) electrons. The van der Waals surface area contributed by atoms with Crippen LogP contribution in [0.4, 0.5) is 0 Å². The van der Waals surface area contributed by atoms with Gasteiger partial charge >= 0.3 is 5.97 Å².